The summed E-state index contributed by atoms with van der Waals surface area (Å²) in [5, 5.41) is 19.4. The van der Waals surface area contributed by atoms with E-state index in [1.807, 2.05) is 6.92 Å². The number of carboxylic acid groups (broad SMARTS) is 1. The summed E-state index contributed by atoms with van der Waals surface area (Å²) in [6.45, 7) is 2.46. The van der Waals surface area contributed by atoms with Crippen molar-refractivity contribution in [2.75, 3.05) is 13.2 Å². The van der Waals surface area contributed by atoms with E-state index in [9.17, 15) is 15.0 Å². The van der Waals surface area contributed by atoms with Crippen LogP contribution >= 0.6 is 11.6 Å². The summed E-state index contributed by atoms with van der Waals surface area (Å²) in [6.07, 6.45) is -0.668. The van der Waals surface area contributed by atoms with Gasteiger partial charge < -0.3 is 14.9 Å². The zero-order valence-electron chi connectivity index (χ0n) is 10.2. The quantitative estimate of drug-likeness (QED) is 0.799. The highest BCUT2D eigenvalue weighted by molar-refractivity contribution is 6.30. The van der Waals surface area contributed by atoms with E-state index in [4.69, 9.17) is 16.3 Å². The number of hydrogen-bond donors (Lipinski definition) is 2. The van der Waals surface area contributed by atoms with E-state index < -0.39 is 18.0 Å². The molecule has 0 aliphatic carbocycles. The molecule has 1 aromatic rings. The lowest BCUT2D eigenvalue weighted by Crippen LogP contribution is -2.23. The first-order chi connectivity index (χ1) is 8.54. The first-order valence-electron chi connectivity index (χ1n) is 5.78. The second-order valence-corrected chi connectivity index (χ2v) is 4.43. The van der Waals surface area contributed by atoms with Crippen LogP contribution in [-0.4, -0.2) is 35.5 Å². The summed E-state index contributed by atoms with van der Waals surface area (Å²) in [5.74, 6) is -1.72. The van der Waals surface area contributed by atoms with Gasteiger partial charge in [-0.25, -0.2) is 0 Å². The van der Waals surface area contributed by atoms with Crippen molar-refractivity contribution in [1.82, 2.24) is 0 Å². The van der Waals surface area contributed by atoms with Gasteiger partial charge in [-0.05, 0) is 31.0 Å². The molecule has 1 aromatic carbocycles. The number of aliphatic hydroxyl groups excluding tert-OH is 1. The minimum absolute atomic E-state index is 0.122. The van der Waals surface area contributed by atoms with Crippen LogP contribution in [0.25, 0.3) is 0 Å². The Morgan fingerprint density at radius 2 is 2.00 bits per heavy atom. The van der Waals surface area contributed by atoms with Gasteiger partial charge in [0.1, 0.15) is 0 Å². The van der Waals surface area contributed by atoms with Gasteiger partial charge in [-0.1, -0.05) is 23.7 Å². The van der Waals surface area contributed by atoms with Gasteiger partial charge in [-0.3, -0.25) is 4.79 Å². The Balaban J connectivity index is 2.71. The lowest BCUT2D eigenvalue weighted by Gasteiger charge is -2.17. The molecule has 2 N–H and O–H groups in total. The molecule has 18 heavy (non-hydrogen) atoms. The molecule has 0 bridgehead atoms. The Labute approximate surface area is 111 Å². The summed E-state index contributed by atoms with van der Waals surface area (Å²) in [4.78, 5) is 11.2. The van der Waals surface area contributed by atoms with Crippen molar-refractivity contribution in [2.45, 2.75) is 25.4 Å². The number of hydrogen-bond acceptors (Lipinski definition) is 3. The van der Waals surface area contributed by atoms with Gasteiger partial charge in [0.2, 0.25) is 0 Å². The molecule has 0 saturated heterocycles. The van der Waals surface area contributed by atoms with Crippen LogP contribution in [-0.2, 0) is 9.53 Å². The third-order valence-corrected chi connectivity index (χ3v) is 2.84. The maximum absolute atomic E-state index is 11.2. The predicted molar refractivity (Wildman–Crippen MR) is 68.9 cm³/mol. The lowest BCUT2D eigenvalue weighted by atomic mass is 9.93. The van der Waals surface area contributed by atoms with Crippen LogP contribution in [0, 0.1) is 0 Å². The van der Waals surface area contributed by atoms with Crippen LogP contribution in [0.2, 0.25) is 5.02 Å². The maximum Gasteiger partial charge on any atom is 0.311 e. The number of benzene rings is 1. The molecule has 100 valence electrons. The fraction of sp³-hybridized carbons (Fsp3) is 0.462. The van der Waals surface area contributed by atoms with Crippen molar-refractivity contribution in [3.8, 4) is 0 Å². The Morgan fingerprint density at radius 1 is 1.39 bits per heavy atom. The van der Waals surface area contributed by atoms with Crippen LogP contribution in [0.5, 0.6) is 0 Å². The molecular weight excluding hydrogens is 256 g/mol. The summed E-state index contributed by atoms with van der Waals surface area (Å²) >= 11 is 5.75. The first-order valence-corrected chi connectivity index (χ1v) is 6.16. The van der Waals surface area contributed by atoms with Crippen LogP contribution in [0.3, 0.4) is 0 Å². The van der Waals surface area contributed by atoms with Crippen molar-refractivity contribution in [2.24, 2.45) is 0 Å². The van der Waals surface area contributed by atoms with E-state index in [0.717, 1.165) is 0 Å². The van der Waals surface area contributed by atoms with Gasteiger partial charge in [0.05, 0.1) is 18.6 Å². The molecule has 0 heterocycles. The number of carboxylic acids is 1. The SMILES string of the molecule is CCOCC(O)CC(C(=O)O)c1ccc(Cl)cc1. The second-order valence-electron chi connectivity index (χ2n) is 3.99. The standard InChI is InChI=1S/C13H17ClO4/c1-2-18-8-11(15)7-12(13(16)17)9-3-5-10(14)6-4-9/h3-6,11-12,15H,2,7-8H2,1H3,(H,16,17). The molecule has 5 heteroatoms. The molecule has 0 saturated carbocycles. The minimum atomic E-state index is -0.965. The van der Waals surface area contributed by atoms with Crippen LogP contribution in [0.15, 0.2) is 24.3 Å². The molecule has 0 fully saturated rings. The minimum Gasteiger partial charge on any atom is -0.481 e. The highest BCUT2D eigenvalue weighted by Crippen LogP contribution is 2.23. The zero-order chi connectivity index (χ0) is 13.5. The van der Waals surface area contributed by atoms with Gasteiger partial charge in [0.15, 0.2) is 0 Å². The number of ether oxygens (including phenoxy) is 1. The van der Waals surface area contributed by atoms with Gasteiger partial charge in [0.25, 0.3) is 0 Å². The molecule has 4 nitrogen and oxygen atoms in total. The van der Waals surface area contributed by atoms with Crippen molar-refractivity contribution in [3.63, 3.8) is 0 Å². The molecule has 1 rings (SSSR count). The van der Waals surface area contributed by atoms with E-state index in [0.29, 0.717) is 17.2 Å². The van der Waals surface area contributed by atoms with Crippen LogP contribution < -0.4 is 0 Å². The van der Waals surface area contributed by atoms with Gasteiger partial charge in [0, 0.05) is 11.6 Å². The Hall–Kier alpha value is -1.10. The average molecular weight is 273 g/mol. The first kappa shape index (κ1) is 15.0. The Kier molecular flexibility index (Phi) is 6.12. The van der Waals surface area contributed by atoms with Gasteiger partial charge in [-0.2, -0.15) is 0 Å². The van der Waals surface area contributed by atoms with Crippen molar-refractivity contribution in [3.05, 3.63) is 34.9 Å². The molecule has 0 aromatic heterocycles. The smallest absolute Gasteiger partial charge is 0.311 e. The van der Waals surface area contributed by atoms with E-state index in [1.165, 1.54) is 0 Å². The molecule has 0 radical (unpaired) electrons. The summed E-state index contributed by atoms with van der Waals surface area (Å²) < 4.78 is 5.07. The van der Waals surface area contributed by atoms with E-state index in [-0.39, 0.29) is 13.0 Å². The number of aliphatic carboxylic acids is 1. The molecule has 2 atom stereocenters. The molecule has 0 spiro atoms. The monoisotopic (exact) mass is 272 g/mol. The zero-order valence-corrected chi connectivity index (χ0v) is 10.9. The third-order valence-electron chi connectivity index (χ3n) is 2.59. The van der Waals surface area contributed by atoms with Gasteiger partial charge >= 0.3 is 5.97 Å². The van der Waals surface area contributed by atoms with Gasteiger partial charge in [-0.15, -0.1) is 0 Å². The molecule has 0 aliphatic heterocycles. The van der Waals surface area contributed by atoms with Crippen LogP contribution in [0.1, 0.15) is 24.8 Å². The summed E-state index contributed by atoms with van der Waals surface area (Å²) in [6, 6.07) is 6.60. The summed E-state index contributed by atoms with van der Waals surface area (Å²) in [7, 11) is 0. The second kappa shape index (κ2) is 7.36. The van der Waals surface area contributed by atoms with E-state index in [2.05, 4.69) is 0 Å². The number of rotatable bonds is 7. The summed E-state index contributed by atoms with van der Waals surface area (Å²) in [5.41, 5.74) is 0.627. The Morgan fingerprint density at radius 3 is 2.50 bits per heavy atom. The number of halogens is 1. The fourth-order valence-corrected chi connectivity index (χ4v) is 1.79. The van der Waals surface area contributed by atoms with E-state index in [1.54, 1.807) is 24.3 Å². The average Bonchev–Trinajstić information content (AvgIpc) is 2.34. The van der Waals surface area contributed by atoms with Crippen molar-refractivity contribution in [1.29, 1.82) is 0 Å². The Bertz CT molecular complexity index is 377. The van der Waals surface area contributed by atoms with E-state index >= 15 is 0 Å². The number of carbonyl (C=O) groups is 1. The predicted octanol–water partition coefficient (Wildman–Crippen LogP) is 2.30. The molecule has 2 unspecified atom stereocenters. The normalized spacial score (nSPS) is 14.2. The fourth-order valence-electron chi connectivity index (χ4n) is 1.67. The topological polar surface area (TPSA) is 66.8 Å². The van der Waals surface area contributed by atoms with Crippen molar-refractivity contribution < 1.29 is 19.7 Å². The highest BCUT2D eigenvalue weighted by Gasteiger charge is 2.23. The highest BCUT2D eigenvalue weighted by atomic mass is 35.5. The maximum atomic E-state index is 11.2. The third kappa shape index (κ3) is 4.64. The largest absolute Gasteiger partial charge is 0.481 e. The van der Waals surface area contributed by atoms with Crippen LogP contribution in [0.4, 0.5) is 0 Å². The number of aliphatic hydroxyl groups is 1. The molecular formula is C13H17ClO4. The van der Waals surface area contributed by atoms with Crippen molar-refractivity contribution >= 4 is 17.6 Å². The lowest BCUT2D eigenvalue weighted by molar-refractivity contribution is -0.139. The molecule has 0 aliphatic rings. The molecule has 0 amide bonds.